The van der Waals surface area contributed by atoms with Crippen LogP contribution in [0.25, 0.3) is 0 Å². The van der Waals surface area contributed by atoms with Gasteiger partial charge in [0.05, 0.1) is 0 Å². The van der Waals surface area contributed by atoms with E-state index in [-0.39, 0.29) is 11.7 Å². The Bertz CT molecular complexity index is 577. The van der Waals surface area contributed by atoms with Crippen molar-refractivity contribution < 1.29 is 22.7 Å². The van der Waals surface area contributed by atoms with Gasteiger partial charge < -0.3 is 15.4 Å². The van der Waals surface area contributed by atoms with E-state index >= 15 is 0 Å². The van der Waals surface area contributed by atoms with Crippen LogP contribution in [-0.4, -0.2) is 30.8 Å². The molecule has 1 amide bonds. The van der Waals surface area contributed by atoms with E-state index in [0.717, 1.165) is 18.4 Å². The molecule has 2 heterocycles. The largest absolute Gasteiger partial charge is 0.484 e. The number of piperidine rings is 1. The van der Waals surface area contributed by atoms with Crippen molar-refractivity contribution >= 4 is 5.91 Å². The molecule has 3 rings (SSSR count). The first-order chi connectivity index (χ1) is 11.9. The summed E-state index contributed by atoms with van der Waals surface area (Å²) < 4.78 is 41.0. The fraction of sp³-hybridized carbons (Fsp3) is 0.611. The summed E-state index contributed by atoms with van der Waals surface area (Å²) in [6, 6.07) is 7.43. The predicted molar refractivity (Wildman–Crippen MR) is 87.1 cm³/mol. The lowest BCUT2D eigenvalue weighted by Gasteiger charge is -2.28. The van der Waals surface area contributed by atoms with Crippen molar-refractivity contribution in [2.24, 2.45) is 5.92 Å². The summed E-state index contributed by atoms with van der Waals surface area (Å²) in [6.45, 7) is -0.933. The SMILES string of the molecule is O=C(CC1CC2CCC(C1)N2)NCc1ccc(OCC(F)(F)F)cc1. The highest BCUT2D eigenvalue weighted by Gasteiger charge is 2.34. The number of benzene rings is 1. The minimum Gasteiger partial charge on any atom is -0.484 e. The Morgan fingerprint density at radius 1 is 1.16 bits per heavy atom. The number of halogens is 3. The van der Waals surface area contributed by atoms with Gasteiger partial charge >= 0.3 is 6.18 Å². The first-order valence-corrected chi connectivity index (χ1v) is 8.68. The highest BCUT2D eigenvalue weighted by molar-refractivity contribution is 5.76. The van der Waals surface area contributed by atoms with Crippen molar-refractivity contribution in [3.05, 3.63) is 29.8 Å². The molecule has 2 N–H and O–H groups in total. The van der Waals surface area contributed by atoms with Crippen LogP contribution in [0.15, 0.2) is 24.3 Å². The molecule has 2 aliphatic heterocycles. The minimum atomic E-state index is -4.35. The van der Waals surface area contributed by atoms with Gasteiger partial charge in [-0.15, -0.1) is 0 Å². The molecule has 0 radical (unpaired) electrons. The normalized spacial score (nSPS) is 25.6. The second kappa shape index (κ2) is 7.64. The molecule has 1 aromatic rings. The Hall–Kier alpha value is -1.76. The van der Waals surface area contributed by atoms with Crippen LogP contribution in [0.1, 0.15) is 37.7 Å². The second-order valence-electron chi connectivity index (χ2n) is 7.00. The lowest BCUT2D eigenvalue weighted by Crippen LogP contribution is -2.39. The van der Waals surface area contributed by atoms with Gasteiger partial charge in [0.2, 0.25) is 5.91 Å². The summed E-state index contributed by atoms with van der Waals surface area (Å²) in [5.41, 5.74) is 0.832. The zero-order valence-corrected chi connectivity index (χ0v) is 13.9. The van der Waals surface area contributed by atoms with E-state index in [4.69, 9.17) is 0 Å². The van der Waals surface area contributed by atoms with Gasteiger partial charge in [-0.1, -0.05) is 12.1 Å². The first-order valence-electron chi connectivity index (χ1n) is 8.68. The van der Waals surface area contributed by atoms with Gasteiger partial charge in [-0.2, -0.15) is 13.2 Å². The van der Waals surface area contributed by atoms with Crippen molar-refractivity contribution in [2.75, 3.05) is 6.61 Å². The Labute approximate surface area is 145 Å². The fourth-order valence-electron chi connectivity index (χ4n) is 3.75. The summed E-state index contributed by atoms with van der Waals surface area (Å²) in [5.74, 6) is 0.637. The molecule has 0 spiro atoms. The molecule has 25 heavy (non-hydrogen) atoms. The van der Waals surface area contributed by atoms with Gasteiger partial charge in [0, 0.05) is 25.0 Å². The monoisotopic (exact) mass is 356 g/mol. The van der Waals surface area contributed by atoms with Crippen molar-refractivity contribution in [3.63, 3.8) is 0 Å². The van der Waals surface area contributed by atoms with Crippen molar-refractivity contribution in [1.82, 2.24) is 10.6 Å². The highest BCUT2D eigenvalue weighted by atomic mass is 19.4. The number of nitrogens with one attached hydrogen (secondary N) is 2. The molecule has 2 unspecified atom stereocenters. The quantitative estimate of drug-likeness (QED) is 0.823. The summed E-state index contributed by atoms with van der Waals surface area (Å²) in [6.07, 6.45) is 0.754. The zero-order chi connectivity index (χ0) is 17.9. The van der Waals surface area contributed by atoms with Gasteiger partial charge in [-0.3, -0.25) is 4.79 Å². The molecule has 138 valence electrons. The number of rotatable bonds is 6. The summed E-state index contributed by atoms with van der Waals surface area (Å²) >= 11 is 0. The third-order valence-electron chi connectivity index (χ3n) is 4.86. The summed E-state index contributed by atoms with van der Waals surface area (Å²) in [4.78, 5) is 12.1. The molecule has 1 aromatic carbocycles. The Balaban J connectivity index is 1.40. The molecule has 2 aliphatic rings. The molecule has 2 atom stereocenters. The highest BCUT2D eigenvalue weighted by Crippen LogP contribution is 2.32. The summed E-state index contributed by atoms with van der Waals surface area (Å²) in [5, 5.41) is 6.45. The van der Waals surface area contributed by atoms with Crippen LogP contribution >= 0.6 is 0 Å². The lowest BCUT2D eigenvalue weighted by molar-refractivity contribution is -0.153. The van der Waals surface area contributed by atoms with E-state index in [2.05, 4.69) is 15.4 Å². The van der Waals surface area contributed by atoms with Crippen molar-refractivity contribution in [1.29, 1.82) is 0 Å². The summed E-state index contributed by atoms with van der Waals surface area (Å²) in [7, 11) is 0. The van der Waals surface area contributed by atoms with E-state index in [9.17, 15) is 18.0 Å². The third-order valence-corrected chi connectivity index (χ3v) is 4.86. The molecular formula is C18H23F3N2O2. The molecule has 2 bridgehead atoms. The van der Waals surface area contributed by atoms with Gasteiger partial charge in [0.25, 0.3) is 0 Å². The average molecular weight is 356 g/mol. The van der Waals surface area contributed by atoms with Gasteiger partial charge in [-0.05, 0) is 49.3 Å². The number of carbonyl (C=O) groups excluding carboxylic acids is 1. The minimum absolute atomic E-state index is 0.0312. The smallest absolute Gasteiger partial charge is 0.422 e. The van der Waals surface area contributed by atoms with Gasteiger partial charge in [0.15, 0.2) is 6.61 Å². The molecule has 0 aromatic heterocycles. The van der Waals surface area contributed by atoms with E-state index in [1.807, 2.05) is 0 Å². The molecule has 2 saturated heterocycles. The molecule has 4 nitrogen and oxygen atoms in total. The number of amides is 1. The number of ether oxygens (including phenoxy) is 1. The van der Waals surface area contributed by atoms with Crippen LogP contribution in [0.2, 0.25) is 0 Å². The van der Waals surface area contributed by atoms with Crippen LogP contribution in [0.3, 0.4) is 0 Å². The molecule has 0 aliphatic carbocycles. The van der Waals surface area contributed by atoms with Crippen LogP contribution < -0.4 is 15.4 Å². The predicted octanol–water partition coefficient (Wildman–Crippen LogP) is 3.16. The number of hydrogen-bond acceptors (Lipinski definition) is 3. The Morgan fingerprint density at radius 3 is 2.40 bits per heavy atom. The Kier molecular flexibility index (Phi) is 5.51. The maximum absolute atomic E-state index is 12.1. The maximum atomic E-state index is 12.1. The molecule has 0 saturated carbocycles. The van der Waals surface area contributed by atoms with Gasteiger partial charge in [0.1, 0.15) is 5.75 Å². The van der Waals surface area contributed by atoms with E-state index < -0.39 is 12.8 Å². The maximum Gasteiger partial charge on any atom is 0.422 e. The fourth-order valence-corrected chi connectivity index (χ4v) is 3.75. The molecular weight excluding hydrogens is 333 g/mol. The van der Waals surface area contributed by atoms with Crippen LogP contribution in [0, 0.1) is 5.92 Å². The number of carbonyl (C=O) groups is 1. The first kappa shape index (κ1) is 18.0. The number of alkyl halides is 3. The average Bonchev–Trinajstić information content (AvgIpc) is 2.90. The van der Waals surface area contributed by atoms with E-state index in [1.54, 1.807) is 12.1 Å². The number of fused-ring (bicyclic) bond motifs is 2. The van der Waals surface area contributed by atoms with Crippen molar-refractivity contribution in [2.45, 2.75) is 56.9 Å². The van der Waals surface area contributed by atoms with E-state index in [1.165, 1.54) is 25.0 Å². The van der Waals surface area contributed by atoms with Crippen LogP contribution in [0.5, 0.6) is 5.75 Å². The van der Waals surface area contributed by atoms with Crippen LogP contribution in [-0.2, 0) is 11.3 Å². The third kappa shape index (κ3) is 5.63. The molecule has 7 heteroatoms. The molecule has 2 fully saturated rings. The number of hydrogen-bond donors (Lipinski definition) is 2. The van der Waals surface area contributed by atoms with E-state index in [0.29, 0.717) is 31.0 Å². The lowest BCUT2D eigenvalue weighted by atomic mass is 9.89. The second-order valence-corrected chi connectivity index (χ2v) is 7.00. The van der Waals surface area contributed by atoms with Crippen molar-refractivity contribution in [3.8, 4) is 5.75 Å². The zero-order valence-electron chi connectivity index (χ0n) is 13.9. The Morgan fingerprint density at radius 2 is 1.80 bits per heavy atom. The topological polar surface area (TPSA) is 50.4 Å². The van der Waals surface area contributed by atoms with Gasteiger partial charge in [-0.25, -0.2) is 0 Å². The standard InChI is InChI=1S/C18H23F3N2O2/c19-18(20,21)11-25-16-5-1-12(2-6-16)10-22-17(24)9-13-7-14-3-4-15(8-13)23-14/h1-2,5-6,13-15,23H,3-4,7-11H2,(H,22,24). The van der Waals surface area contributed by atoms with Crippen LogP contribution in [0.4, 0.5) is 13.2 Å².